The molecule has 0 rings (SSSR count). The van der Waals surface area contributed by atoms with Gasteiger partial charge in [-0.05, 0) is 0 Å². The molecule has 0 bridgehead atoms. The summed E-state index contributed by atoms with van der Waals surface area (Å²) in [6.45, 7) is 9.24. The van der Waals surface area contributed by atoms with E-state index in [2.05, 4.69) is 13.2 Å². The van der Waals surface area contributed by atoms with E-state index >= 15 is 0 Å². The molecule has 0 saturated carbocycles. The van der Waals surface area contributed by atoms with Crippen LogP contribution in [0.3, 0.4) is 0 Å². The van der Waals surface area contributed by atoms with Gasteiger partial charge >= 0.3 is 137 Å². The summed E-state index contributed by atoms with van der Waals surface area (Å²) in [7, 11) is 0. The van der Waals surface area contributed by atoms with Crippen LogP contribution in [0.4, 0.5) is 0 Å². The maximum absolute atomic E-state index is 9.71. The average Bonchev–Trinajstić information content (AvgIpc) is 2.47. The van der Waals surface area contributed by atoms with E-state index in [-0.39, 0.29) is 0 Å². The summed E-state index contributed by atoms with van der Waals surface area (Å²) in [5, 5.41) is 19.4. The third kappa shape index (κ3) is 15.9. The molecule has 0 aromatic rings. The van der Waals surface area contributed by atoms with Crippen molar-refractivity contribution >= 4 is 21.1 Å². The Morgan fingerprint density at radius 1 is 0.810 bits per heavy atom. The Hall–Kier alpha value is -0.281. The second-order valence-corrected chi connectivity index (χ2v) is 7.95. The van der Waals surface area contributed by atoms with Crippen LogP contribution in [0.5, 0.6) is 0 Å². The summed E-state index contributed by atoms with van der Waals surface area (Å²) in [5.74, 6) is 0. The van der Waals surface area contributed by atoms with Crippen molar-refractivity contribution in [3.63, 3.8) is 0 Å². The Kier molecular flexibility index (Phi) is 15.9. The molecule has 0 aliphatic carbocycles. The molecule has 2 radical (unpaired) electrons. The summed E-state index contributed by atoms with van der Waals surface area (Å²) in [4.78, 5) is 0. The van der Waals surface area contributed by atoms with E-state index in [1.807, 2.05) is 0 Å². The first-order valence-corrected chi connectivity index (χ1v) is 10.9. The first kappa shape index (κ1) is 20.7. The Balaban J connectivity index is 3.33. The van der Waals surface area contributed by atoms with E-state index < -0.39 is 33.4 Å². The Labute approximate surface area is 136 Å². The van der Waals surface area contributed by atoms with E-state index in [1.165, 1.54) is 12.5 Å². The van der Waals surface area contributed by atoms with Crippen molar-refractivity contribution in [3.8, 4) is 0 Å². The average molecular weight is 409 g/mol. The molecular formula is C14H26O6Sn. The zero-order chi connectivity index (χ0) is 15.8. The fourth-order valence-corrected chi connectivity index (χ4v) is 4.40. The van der Waals surface area contributed by atoms with Gasteiger partial charge in [0, 0.05) is 0 Å². The number of hydrogen-bond acceptors (Lipinski definition) is 6. The Morgan fingerprint density at radius 3 is 1.62 bits per heavy atom. The third-order valence-electron chi connectivity index (χ3n) is 2.31. The third-order valence-corrected chi connectivity index (χ3v) is 6.64. The molecule has 0 aliphatic rings. The van der Waals surface area contributed by atoms with Crippen LogP contribution in [0.1, 0.15) is 0 Å². The van der Waals surface area contributed by atoms with E-state index in [0.29, 0.717) is 39.6 Å². The van der Waals surface area contributed by atoms with Crippen LogP contribution in [0.25, 0.3) is 0 Å². The molecule has 2 N–H and O–H groups in total. The number of ether oxygens (including phenoxy) is 4. The van der Waals surface area contributed by atoms with Crippen LogP contribution in [0.2, 0.25) is 8.87 Å². The molecule has 0 spiro atoms. The van der Waals surface area contributed by atoms with Gasteiger partial charge in [0.05, 0.1) is 0 Å². The predicted octanol–water partition coefficient (Wildman–Crippen LogP) is 0.602. The number of hydrogen-bond donors (Lipinski definition) is 2. The number of rotatable bonds is 16. The van der Waals surface area contributed by atoms with Crippen molar-refractivity contribution in [3.05, 3.63) is 25.7 Å². The predicted molar refractivity (Wildman–Crippen MR) is 81.3 cm³/mol. The minimum absolute atomic E-state index is 0.312. The van der Waals surface area contributed by atoms with E-state index in [9.17, 15) is 10.2 Å². The van der Waals surface area contributed by atoms with Crippen LogP contribution in [0, 0.1) is 0 Å². The van der Waals surface area contributed by atoms with Crippen LogP contribution in [0.15, 0.2) is 25.7 Å². The van der Waals surface area contributed by atoms with Gasteiger partial charge in [0.1, 0.15) is 0 Å². The molecule has 21 heavy (non-hydrogen) atoms. The standard InChI is InChI=1S/2C7H13O3.Sn/c2*1-3-9-4-5-10-6-7(2)8;/h2*3,7-8H,1-2,4-6H2;. The molecule has 0 fully saturated rings. The van der Waals surface area contributed by atoms with Gasteiger partial charge in [0.15, 0.2) is 0 Å². The molecule has 2 atom stereocenters. The molecule has 7 heteroatoms. The minimum atomic E-state index is -0.803. The molecule has 6 nitrogen and oxygen atoms in total. The fraction of sp³-hybridized carbons (Fsp3) is 0.714. The van der Waals surface area contributed by atoms with Gasteiger partial charge in [-0.15, -0.1) is 0 Å². The second kappa shape index (κ2) is 16.1. The van der Waals surface area contributed by atoms with Crippen LogP contribution in [-0.2, 0) is 18.9 Å². The second-order valence-electron chi connectivity index (χ2n) is 4.19. The van der Waals surface area contributed by atoms with Gasteiger partial charge in [-0.2, -0.15) is 0 Å². The van der Waals surface area contributed by atoms with E-state index in [0.717, 1.165) is 8.87 Å². The van der Waals surface area contributed by atoms with Crippen LogP contribution >= 0.6 is 0 Å². The summed E-state index contributed by atoms with van der Waals surface area (Å²) >= 11 is -0.803. The summed E-state index contributed by atoms with van der Waals surface area (Å²) in [5.41, 5.74) is 0. The Morgan fingerprint density at radius 2 is 1.24 bits per heavy atom. The monoisotopic (exact) mass is 410 g/mol. The summed E-state index contributed by atoms with van der Waals surface area (Å²) < 4.78 is 21.8. The molecule has 0 heterocycles. The molecule has 122 valence electrons. The van der Waals surface area contributed by atoms with Crippen molar-refractivity contribution in [2.45, 2.75) is 21.1 Å². The van der Waals surface area contributed by atoms with Gasteiger partial charge < -0.3 is 0 Å². The van der Waals surface area contributed by atoms with E-state index in [1.54, 1.807) is 0 Å². The number of aliphatic hydroxyl groups excluding tert-OH is 2. The summed E-state index contributed by atoms with van der Waals surface area (Å²) in [6.07, 6.45) is 1.83. The van der Waals surface area contributed by atoms with Crippen molar-refractivity contribution in [2.24, 2.45) is 0 Å². The van der Waals surface area contributed by atoms with Crippen LogP contribution in [-0.4, -0.2) is 83.2 Å². The maximum atomic E-state index is 9.71. The number of aliphatic hydroxyl groups is 2. The van der Waals surface area contributed by atoms with Gasteiger partial charge in [0.25, 0.3) is 0 Å². The summed E-state index contributed by atoms with van der Waals surface area (Å²) in [6, 6.07) is 0. The van der Waals surface area contributed by atoms with Crippen molar-refractivity contribution in [1.82, 2.24) is 0 Å². The first-order valence-electron chi connectivity index (χ1n) is 6.88. The Bertz CT molecular complexity index is 228. The zero-order valence-electron chi connectivity index (χ0n) is 12.4. The van der Waals surface area contributed by atoms with E-state index in [4.69, 9.17) is 18.9 Å². The van der Waals surface area contributed by atoms with Gasteiger partial charge in [-0.3, -0.25) is 0 Å². The topological polar surface area (TPSA) is 77.4 Å². The molecule has 0 aromatic heterocycles. The van der Waals surface area contributed by atoms with Crippen LogP contribution < -0.4 is 0 Å². The SMILES string of the molecule is C=COCCOCC(O)[CH2][Sn][CH2]C(O)COCCOC=C. The first-order chi connectivity index (χ1) is 10.2. The molecular weight excluding hydrogens is 383 g/mol. The van der Waals surface area contributed by atoms with Crippen molar-refractivity contribution < 1.29 is 29.2 Å². The fourth-order valence-electron chi connectivity index (χ4n) is 1.35. The molecule has 0 amide bonds. The quantitative estimate of drug-likeness (QED) is 0.221. The molecule has 0 saturated heterocycles. The van der Waals surface area contributed by atoms with Crippen molar-refractivity contribution in [2.75, 3.05) is 39.6 Å². The van der Waals surface area contributed by atoms with Gasteiger partial charge in [-0.25, -0.2) is 0 Å². The zero-order valence-corrected chi connectivity index (χ0v) is 15.3. The molecule has 0 aliphatic heterocycles. The van der Waals surface area contributed by atoms with Gasteiger partial charge in [0.2, 0.25) is 0 Å². The molecule has 0 aromatic carbocycles. The normalized spacial score (nSPS) is 13.4. The molecule has 2 unspecified atom stereocenters. The van der Waals surface area contributed by atoms with Crippen molar-refractivity contribution in [1.29, 1.82) is 0 Å². The van der Waals surface area contributed by atoms with Gasteiger partial charge in [-0.1, -0.05) is 0 Å².